The van der Waals surface area contributed by atoms with Crippen molar-refractivity contribution in [2.24, 2.45) is 0 Å². The number of aryl methyl sites for hydroxylation is 1. The predicted molar refractivity (Wildman–Crippen MR) is 54.4 cm³/mol. The summed E-state index contributed by atoms with van der Waals surface area (Å²) in [6, 6.07) is 3.20. The van der Waals surface area contributed by atoms with Crippen molar-refractivity contribution in [3.63, 3.8) is 0 Å². The molecule has 0 spiro atoms. The van der Waals surface area contributed by atoms with Crippen molar-refractivity contribution in [3.8, 4) is 5.75 Å². The Balaban J connectivity index is 3.17. The molecule has 0 saturated heterocycles. The monoisotopic (exact) mass is 215 g/mol. The number of benzene rings is 1. The van der Waals surface area contributed by atoms with Crippen molar-refractivity contribution in [2.45, 2.75) is 6.92 Å². The second kappa shape index (κ2) is 4.19. The average molecular weight is 216 g/mol. The lowest BCUT2D eigenvalue weighted by atomic mass is 10.2. The SMILES string of the molecule is COc1c(C)cc(Cl)cc1NC(=O)O. The summed E-state index contributed by atoms with van der Waals surface area (Å²) in [7, 11) is 1.48. The molecule has 0 radical (unpaired) electrons. The van der Waals surface area contributed by atoms with Crippen LogP contribution in [0.4, 0.5) is 10.5 Å². The van der Waals surface area contributed by atoms with Gasteiger partial charge in [0.15, 0.2) is 0 Å². The van der Waals surface area contributed by atoms with E-state index in [1.165, 1.54) is 13.2 Å². The summed E-state index contributed by atoms with van der Waals surface area (Å²) in [5, 5.41) is 11.2. The van der Waals surface area contributed by atoms with Gasteiger partial charge < -0.3 is 9.84 Å². The van der Waals surface area contributed by atoms with E-state index in [1.54, 1.807) is 13.0 Å². The zero-order valence-electron chi connectivity index (χ0n) is 7.80. The molecule has 0 atom stereocenters. The molecule has 1 rings (SSSR count). The minimum absolute atomic E-state index is 0.352. The third-order valence-electron chi connectivity index (χ3n) is 1.69. The quantitative estimate of drug-likeness (QED) is 0.798. The number of ether oxygens (including phenoxy) is 1. The summed E-state index contributed by atoms with van der Waals surface area (Å²) in [5.74, 6) is 0.483. The minimum atomic E-state index is -1.15. The van der Waals surface area contributed by atoms with Crippen LogP contribution in [-0.4, -0.2) is 18.3 Å². The summed E-state index contributed by atoms with van der Waals surface area (Å²) < 4.78 is 5.05. The van der Waals surface area contributed by atoms with Gasteiger partial charge >= 0.3 is 6.09 Å². The number of rotatable bonds is 2. The zero-order valence-corrected chi connectivity index (χ0v) is 8.55. The Bertz CT molecular complexity index is 365. The Hall–Kier alpha value is -1.42. The Kier molecular flexibility index (Phi) is 3.19. The van der Waals surface area contributed by atoms with E-state index in [2.05, 4.69) is 5.32 Å². The first kappa shape index (κ1) is 10.7. The van der Waals surface area contributed by atoms with Gasteiger partial charge in [0, 0.05) is 5.02 Å². The number of methoxy groups -OCH3 is 1. The van der Waals surface area contributed by atoms with Crippen LogP contribution in [0.1, 0.15) is 5.56 Å². The molecule has 0 fully saturated rings. The van der Waals surface area contributed by atoms with E-state index >= 15 is 0 Å². The van der Waals surface area contributed by atoms with Gasteiger partial charge in [-0.1, -0.05) is 11.6 Å². The van der Waals surface area contributed by atoms with Crippen molar-refractivity contribution >= 4 is 23.4 Å². The maximum Gasteiger partial charge on any atom is 0.409 e. The summed E-state index contributed by atoms with van der Waals surface area (Å²) in [6.07, 6.45) is -1.15. The standard InChI is InChI=1S/C9H10ClNO3/c1-5-3-6(10)4-7(8(5)14-2)11-9(12)13/h3-4,11H,1-2H3,(H,12,13). The molecule has 0 aliphatic carbocycles. The van der Waals surface area contributed by atoms with E-state index in [-0.39, 0.29) is 0 Å². The summed E-state index contributed by atoms with van der Waals surface area (Å²) in [6.45, 7) is 1.79. The van der Waals surface area contributed by atoms with Crippen LogP contribution in [0.25, 0.3) is 0 Å². The summed E-state index contributed by atoms with van der Waals surface area (Å²) >= 11 is 5.77. The molecule has 0 heterocycles. The maximum absolute atomic E-state index is 10.4. The third kappa shape index (κ3) is 2.29. The lowest BCUT2D eigenvalue weighted by Gasteiger charge is -2.11. The Labute approximate surface area is 86.4 Å². The Morgan fingerprint density at radius 3 is 2.71 bits per heavy atom. The first-order valence-electron chi connectivity index (χ1n) is 3.88. The minimum Gasteiger partial charge on any atom is -0.494 e. The molecule has 76 valence electrons. The Morgan fingerprint density at radius 1 is 1.57 bits per heavy atom. The smallest absolute Gasteiger partial charge is 0.409 e. The fourth-order valence-corrected chi connectivity index (χ4v) is 1.48. The molecule has 4 nitrogen and oxygen atoms in total. The molecule has 0 aliphatic heterocycles. The number of halogens is 1. The number of amides is 1. The van der Waals surface area contributed by atoms with E-state index in [4.69, 9.17) is 21.4 Å². The normalized spacial score (nSPS) is 9.64. The van der Waals surface area contributed by atoms with Gasteiger partial charge in [-0.25, -0.2) is 4.79 Å². The van der Waals surface area contributed by atoms with Gasteiger partial charge in [0.05, 0.1) is 12.8 Å². The maximum atomic E-state index is 10.4. The van der Waals surface area contributed by atoms with Gasteiger partial charge in [-0.15, -0.1) is 0 Å². The second-order valence-electron chi connectivity index (χ2n) is 2.73. The summed E-state index contributed by atoms with van der Waals surface area (Å²) in [4.78, 5) is 10.4. The van der Waals surface area contributed by atoms with E-state index < -0.39 is 6.09 Å². The first-order chi connectivity index (χ1) is 6.54. The molecule has 0 aromatic heterocycles. The largest absolute Gasteiger partial charge is 0.494 e. The van der Waals surface area contributed by atoms with Gasteiger partial charge in [0.1, 0.15) is 5.75 Å². The zero-order chi connectivity index (χ0) is 10.7. The fourth-order valence-electron chi connectivity index (χ4n) is 1.21. The van der Waals surface area contributed by atoms with Crippen molar-refractivity contribution < 1.29 is 14.6 Å². The number of hydrogen-bond acceptors (Lipinski definition) is 2. The van der Waals surface area contributed by atoms with Crippen LogP contribution in [-0.2, 0) is 0 Å². The highest BCUT2D eigenvalue weighted by molar-refractivity contribution is 6.31. The number of anilines is 1. The van der Waals surface area contributed by atoms with Gasteiger partial charge in [0.25, 0.3) is 0 Å². The molecule has 0 bridgehead atoms. The first-order valence-corrected chi connectivity index (χ1v) is 4.26. The molecule has 5 heteroatoms. The molecule has 1 aromatic rings. The molecule has 0 aliphatic rings. The lowest BCUT2D eigenvalue weighted by Crippen LogP contribution is -2.08. The van der Waals surface area contributed by atoms with E-state index in [0.29, 0.717) is 16.5 Å². The van der Waals surface area contributed by atoms with Gasteiger partial charge in [0.2, 0.25) is 0 Å². The van der Waals surface area contributed by atoms with Crippen LogP contribution in [0, 0.1) is 6.92 Å². The van der Waals surface area contributed by atoms with Crippen LogP contribution in [0.5, 0.6) is 5.75 Å². The fraction of sp³-hybridized carbons (Fsp3) is 0.222. The van der Waals surface area contributed by atoms with Crippen LogP contribution < -0.4 is 10.1 Å². The van der Waals surface area contributed by atoms with Crippen molar-refractivity contribution in [2.75, 3.05) is 12.4 Å². The molecule has 1 amide bonds. The van der Waals surface area contributed by atoms with E-state index in [1.807, 2.05) is 0 Å². The molecular formula is C9H10ClNO3. The topological polar surface area (TPSA) is 58.6 Å². The number of hydrogen-bond donors (Lipinski definition) is 2. The van der Waals surface area contributed by atoms with Crippen molar-refractivity contribution in [1.29, 1.82) is 0 Å². The molecule has 0 saturated carbocycles. The number of carbonyl (C=O) groups is 1. The number of nitrogens with one attached hydrogen (secondary N) is 1. The van der Waals surface area contributed by atoms with Crippen LogP contribution in [0.3, 0.4) is 0 Å². The van der Waals surface area contributed by atoms with Gasteiger partial charge in [-0.2, -0.15) is 0 Å². The van der Waals surface area contributed by atoms with Gasteiger partial charge in [-0.05, 0) is 24.6 Å². The molecular weight excluding hydrogens is 206 g/mol. The van der Waals surface area contributed by atoms with Crippen molar-refractivity contribution in [1.82, 2.24) is 0 Å². The highest BCUT2D eigenvalue weighted by Gasteiger charge is 2.09. The molecule has 14 heavy (non-hydrogen) atoms. The second-order valence-corrected chi connectivity index (χ2v) is 3.17. The molecule has 2 N–H and O–H groups in total. The Morgan fingerprint density at radius 2 is 2.21 bits per heavy atom. The molecule has 1 aromatic carbocycles. The third-order valence-corrected chi connectivity index (χ3v) is 1.90. The average Bonchev–Trinajstić information content (AvgIpc) is 2.01. The summed E-state index contributed by atoms with van der Waals surface area (Å²) in [5.41, 5.74) is 1.13. The van der Waals surface area contributed by atoms with E-state index in [9.17, 15) is 4.79 Å². The van der Waals surface area contributed by atoms with Crippen LogP contribution >= 0.6 is 11.6 Å². The van der Waals surface area contributed by atoms with Crippen molar-refractivity contribution in [3.05, 3.63) is 22.7 Å². The highest BCUT2D eigenvalue weighted by atomic mass is 35.5. The van der Waals surface area contributed by atoms with Crippen LogP contribution in [0.15, 0.2) is 12.1 Å². The highest BCUT2D eigenvalue weighted by Crippen LogP contribution is 2.31. The lowest BCUT2D eigenvalue weighted by molar-refractivity contribution is 0.209. The van der Waals surface area contributed by atoms with Crippen LogP contribution in [0.2, 0.25) is 5.02 Å². The number of carboxylic acid groups (broad SMARTS) is 1. The van der Waals surface area contributed by atoms with E-state index in [0.717, 1.165) is 5.56 Å². The molecule has 0 unspecified atom stereocenters. The predicted octanol–water partition coefficient (Wildman–Crippen LogP) is 2.75. The van der Waals surface area contributed by atoms with Gasteiger partial charge in [-0.3, -0.25) is 5.32 Å².